The van der Waals surface area contributed by atoms with Gasteiger partial charge >= 0.3 is 0 Å². The Morgan fingerprint density at radius 2 is 1.79 bits per heavy atom. The van der Waals surface area contributed by atoms with Gasteiger partial charge in [-0.3, -0.25) is 9.59 Å². The molecule has 3 rings (SSSR count). The Labute approximate surface area is 167 Å². The molecule has 8 heteroatoms. The van der Waals surface area contributed by atoms with E-state index in [9.17, 15) is 22.4 Å². The fourth-order valence-electron chi connectivity index (χ4n) is 3.08. The smallest absolute Gasteiger partial charge is 0.268 e. The minimum absolute atomic E-state index is 0.0303. The van der Waals surface area contributed by atoms with E-state index in [2.05, 4.69) is 0 Å². The summed E-state index contributed by atoms with van der Waals surface area (Å²) in [5.74, 6) is -1.66. The Hall–Kier alpha value is -3.31. The third-order valence-corrected chi connectivity index (χ3v) is 6.19. The number of nitrogens with zero attached hydrogens (tertiary/aromatic N) is 2. The lowest BCUT2D eigenvalue weighted by Crippen LogP contribution is -2.18. The van der Waals surface area contributed by atoms with Crippen molar-refractivity contribution in [2.24, 2.45) is 0 Å². The highest BCUT2D eigenvalue weighted by atomic mass is 32.2. The zero-order chi connectivity index (χ0) is 21.3. The van der Waals surface area contributed by atoms with Gasteiger partial charge in [0.2, 0.25) is 0 Å². The van der Waals surface area contributed by atoms with E-state index in [1.54, 1.807) is 25.1 Å². The lowest BCUT2D eigenvalue weighted by Gasteiger charge is -2.12. The number of benzene rings is 2. The summed E-state index contributed by atoms with van der Waals surface area (Å²) in [6.45, 7) is 3.10. The molecule has 1 aromatic heterocycles. The van der Waals surface area contributed by atoms with Crippen LogP contribution in [0.1, 0.15) is 35.0 Å². The van der Waals surface area contributed by atoms with Gasteiger partial charge in [0.25, 0.3) is 10.0 Å². The normalized spacial score (nSPS) is 11.4. The third kappa shape index (κ3) is 3.82. The van der Waals surface area contributed by atoms with Crippen LogP contribution in [-0.4, -0.2) is 24.0 Å². The number of rotatable bonds is 6. The first-order valence-corrected chi connectivity index (χ1v) is 10.1. The third-order valence-electron chi connectivity index (χ3n) is 4.45. The van der Waals surface area contributed by atoms with Crippen LogP contribution >= 0.6 is 0 Å². The quantitative estimate of drug-likeness (QED) is 0.577. The lowest BCUT2D eigenvalue weighted by molar-refractivity contribution is -0.116. The number of hydrogen-bond donors (Lipinski definition) is 0. The molecule has 1 heterocycles. The Morgan fingerprint density at radius 3 is 2.38 bits per heavy atom. The van der Waals surface area contributed by atoms with Crippen molar-refractivity contribution in [3.05, 3.63) is 65.1 Å². The second-order valence-corrected chi connectivity index (χ2v) is 8.54. The van der Waals surface area contributed by atoms with Gasteiger partial charge in [0.05, 0.1) is 16.5 Å². The van der Waals surface area contributed by atoms with Gasteiger partial charge in [0.15, 0.2) is 5.78 Å². The number of Topliss-reactive ketones (excluding diaryl/α,β-unsaturated/α-hetero) is 2. The van der Waals surface area contributed by atoms with Crippen molar-refractivity contribution < 1.29 is 22.4 Å². The molecule has 0 aliphatic heterocycles. The molecule has 0 bridgehead atoms. The average Bonchev–Trinajstić information content (AvgIpc) is 3.01. The zero-order valence-corrected chi connectivity index (χ0v) is 16.6. The first-order chi connectivity index (χ1) is 13.6. The Morgan fingerprint density at radius 1 is 1.14 bits per heavy atom. The maximum absolute atomic E-state index is 14.4. The first kappa shape index (κ1) is 20.4. The van der Waals surface area contributed by atoms with Gasteiger partial charge in [-0.15, -0.1) is 0 Å². The summed E-state index contributed by atoms with van der Waals surface area (Å²) in [6.07, 6.45) is -0.735. The van der Waals surface area contributed by atoms with Crippen molar-refractivity contribution in [2.45, 2.75) is 31.6 Å². The number of carbonyl (C=O) groups excluding carboxylic acids is 2. The number of aryl methyl sites for hydroxylation is 1. The van der Waals surface area contributed by atoms with Gasteiger partial charge in [-0.1, -0.05) is 17.7 Å². The predicted molar refractivity (Wildman–Crippen MR) is 105 cm³/mol. The van der Waals surface area contributed by atoms with E-state index in [-0.39, 0.29) is 39.3 Å². The number of hydrogen-bond acceptors (Lipinski definition) is 5. The molecule has 3 aromatic rings. The topological polar surface area (TPSA) is 97.0 Å². The van der Waals surface area contributed by atoms with E-state index >= 15 is 0 Å². The standard InChI is InChI=1S/C21H17FN2O4S/c1-13-3-5-17(6-4-13)29(27,28)24-19-11-15(9-14(2)25)18(22)10-16(19)12-20(24)21(26)7-8-23/h3-6,10-12H,7,9H2,1-2H3. The van der Waals surface area contributed by atoms with Gasteiger partial charge in [0.1, 0.15) is 23.7 Å². The van der Waals surface area contributed by atoms with E-state index in [0.717, 1.165) is 15.6 Å². The van der Waals surface area contributed by atoms with Crippen LogP contribution in [0.2, 0.25) is 0 Å². The van der Waals surface area contributed by atoms with Gasteiger partial charge in [-0.25, -0.2) is 16.8 Å². The molecule has 0 amide bonds. The van der Waals surface area contributed by atoms with Crippen LogP contribution in [0.15, 0.2) is 47.4 Å². The molecule has 0 aliphatic carbocycles. The fraction of sp³-hybridized carbons (Fsp3) is 0.190. The van der Waals surface area contributed by atoms with Crippen LogP contribution in [0, 0.1) is 24.1 Å². The van der Waals surface area contributed by atoms with Crippen molar-refractivity contribution in [1.29, 1.82) is 5.26 Å². The molecule has 0 N–H and O–H groups in total. The molecule has 148 valence electrons. The van der Waals surface area contributed by atoms with E-state index in [0.29, 0.717) is 0 Å². The fourth-order valence-corrected chi connectivity index (χ4v) is 4.60. The molecule has 29 heavy (non-hydrogen) atoms. The summed E-state index contributed by atoms with van der Waals surface area (Å²) in [6, 6.07) is 11.4. The first-order valence-electron chi connectivity index (χ1n) is 8.71. The van der Waals surface area contributed by atoms with Crippen LogP contribution in [0.5, 0.6) is 0 Å². The molecule has 0 unspecified atom stereocenters. The number of nitriles is 1. The van der Waals surface area contributed by atoms with Crippen molar-refractivity contribution in [3.8, 4) is 6.07 Å². The molecule has 6 nitrogen and oxygen atoms in total. The summed E-state index contributed by atoms with van der Waals surface area (Å²) in [5.41, 5.74) is 0.724. The molecule has 0 saturated carbocycles. The van der Waals surface area contributed by atoms with E-state index in [1.165, 1.54) is 31.2 Å². The second kappa shape index (κ2) is 7.60. The maximum atomic E-state index is 14.4. The summed E-state index contributed by atoms with van der Waals surface area (Å²) < 4.78 is 41.9. The number of aromatic nitrogens is 1. The zero-order valence-electron chi connectivity index (χ0n) is 15.8. The lowest BCUT2D eigenvalue weighted by atomic mass is 10.1. The Kier molecular flexibility index (Phi) is 5.36. The van der Waals surface area contributed by atoms with Crippen molar-refractivity contribution in [2.75, 3.05) is 0 Å². The van der Waals surface area contributed by atoms with Gasteiger partial charge < -0.3 is 0 Å². The summed E-state index contributed by atoms with van der Waals surface area (Å²) in [5, 5.41) is 9.06. The van der Waals surface area contributed by atoms with Crippen molar-refractivity contribution in [1.82, 2.24) is 3.97 Å². The van der Waals surface area contributed by atoms with Gasteiger partial charge in [-0.05, 0) is 49.7 Å². The highest BCUT2D eigenvalue weighted by Gasteiger charge is 2.27. The highest BCUT2D eigenvalue weighted by molar-refractivity contribution is 7.90. The van der Waals surface area contributed by atoms with Crippen molar-refractivity contribution in [3.63, 3.8) is 0 Å². The molecule has 0 fully saturated rings. The molecular weight excluding hydrogens is 395 g/mol. The minimum Gasteiger partial charge on any atom is -0.300 e. The molecule has 2 aromatic carbocycles. The Bertz CT molecular complexity index is 1280. The van der Waals surface area contributed by atoms with Gasteiger partial charge in [0, 0.05) is 11.8 Å². The minimum atomic E-state index is -4.21. The molecule has 0 atom stereocenters. The van der Waals surface area contributed by atoms with E-state index in [1.807, 2.05) is 0 Å². The van der Waals surface area contributed by atoms with Crippen LogP contribution in [0.4, 0.5) is 4.39 Å². The summed E-state index contributed by atoms with van der Waals surface area (Å²) in [4.78, 5) is 23.9. The van der Waals surface area contributed by atoms with Gasteiger partial charge in [-0.2, -0.15) is 5.26 Å². The number of fused-ring (bicyclic) bond motifs is 1. The largest absolute Gasteiger partial charge is 0.300 e. The van der Waals surface area contributed by atoms with E-state index < -0.39 is 28.0 Å². The van der Waals surface area contributed by atoms with Crippen molar-refractivity contribution >= 4 is 32.5 Å². The number of halogens is 1. The molecule has 0 saturated heterocycles. The molecule has 0 spiro atoms. The maximum Gasteiger partial charge on any atom is 0.268 e. The van der Waals surface area contributed by atoms with Crippen LogP contribution in [-0.2, 0) is 21.2 Å². The average molecular weight is 412 g/mol. The SMILES string of the molecule is CC(=O)Cc1cc2c(cc1F)cc(C(=O)CC#N)n2S(=O)(=O)c1ccc(C)cc1. The number of carbonyl (C=O) groups is 2. The molecule has 0 radical (unpaired) electrons. The highest BCUT2D eigenvalue weighted by Crippen LogP contribution is 2.29. The second-order valence-electron chi connectivity index (χ2n) is 6.75. The van der Waals surface area contributed by atoms with Crippen LogP contribution < -0.4 is 0 Å². The van der Waals surface area contributed by atoms with E-state index in [4.69, 9.17) is 5.26 Å². The molecular formula is C21H17FN2O4S. The predicted octanol–water partition coefficient (Wildman–Crippen LogP) is 3.55. The monoisotopic (exact) mass is 412 g/mol. The number of ketones is 2. The molecule has 0 aliphatic rings. The van der Waals surface area contributed by atoms with Crippen LogP contribution in [0.3, 0.4) is 0 Å². The Balaban J connectivity index is 2.36. The van der Waals surface area contributed by atoms with Crippen LogP contribution in [0.25, 0.3) is 10.9 Å². The summed E-state index contributed by atoms with van der Waals surface area (Å²) in [7, 11) is -4.21. The summed E-state index contributed by atoms with van der Waals surface area (Å²) >= 11 is 0.